The summed E-state index contributed by atoms with van der Waals surface area (Å²) in [4.78, 5) is 13.9. The van der Waals surface area contributed by atoms with Crippen molar-refractivity contribution in [1.82, 2.24) is 4.90 Å². The van der Waals surface area contributed by atoms with Crippen molar-refractivity contribution in [3.63, 3.8) is 0 Å². The second kappa shape index (κ2) is 3.76. The molecule has 4 heteroatoms. The van der Waals surface area contributed by atoms with Crippen LogP contribution in [-0.2, 0) is 9.53 Å². The van der Waals surface area contributed by atoms with Crippen LogP contribution in [0.15, 0.2) is 0 Å². The summed E-state index contributed by atoms with van der Waals surface area (Å²) in [6.07, 6.45) is 0.974. The fourth-order valence-electron chi connectivity index (χ4n) is 2.19. The minimum absolute atomic E-state index is 0.00110. The highest BCUT2D eigenvalue weighted by atomic mass is 16.5. The van der Waals surface area contributed by atoms with E-state index in [-0.39, 0.29) is 29.9 Å². The van der Waals surface area contributed by atoms with Crippen LogP contribution in [0.5, 0.6) is 0 Å². The standard InChI is InChI=1S/C11H19NO3/c1-11(2)5-9(11)10(14)12-3-4-15-7-8(12)6-13/h8-9,13H,3-7H2,1-2H3. The SMILES string of the molecule is CC1(C)CC1C(=O)N1CCOCC1CO. The van der Waals surface area contributed by atoms with Gasteiger partial charge in [-0.15, -0.1) is 0 Å². The molecule has 1 aliphatic heterocycles. The van der Waals surface area contributed by atoms with Crippen molar-refractivity contribution in [3.8, 4) is 0 Å². The molecular formula is C11H19NO3. The molecule has 4 nitrogen and oxygen atoms in total. The van der Waals surface area contributed by atoms with E-state index in [1.54, 1.807) is 4.90 Å². The highest BCUT2D eigenvalue weighted by Gasteiger charge is 2.52. The smallest absolute Gasteiger partial charge is 0.226 e. The van der Waals surface area contributed by atoms with Gasteiger partial charge < -0.3 is 14.7 Å². The van der Waals surface area contributed by atoms with Gasteiger partial charge in [0.1, 0.15) is 0 Å². The summed E-state index contributed by atoms with van der Waals surface area (Å²) in [6.45, 7) is 5.91. The molecule has 2 atom stereocenters. The van der Waals surface area contributed by atoms with E-state index in [9.17, 15) is 4.79 Å². The number of nitrogens with zero attached hydrogens (tertiary/aromatic N) is 1. The molecule has 1 N–H and O–H groups in total. The van der Waals surface area contributed by atoms with Crippen LogP contribution < -0.4 is 0 Å². The average Bonchev–Trinajstić information content (AvgIpc) is 2.86. The third-order valence-corrected chi connectivity index (χ3v) is 3.53. The molecule has 2 aliphatic rings. The number of aliphatic hydroxyl groups excluding tert-OH is 1. The summed E-state index contributed by atoms with van der Waals surface area (Å²) >= 11 is 0. The van der Waals surface area contributed by atoms with Crippen LogP contribution >= 0.6 is 0 Å². The molecule has 0 aromatic heterocycles. The molecule has 0 bridgehead atoms. The van der Waals surface area contributed by atoms with E-state index in [1.165, 1.54) is 0 Å². The third kappa shape index (κ3) is 2.01. The fourth-order valence-corrected chi connectivity index (χ4v) is 2.19. The van der Waals surface area contributed by atoms with E-state index >= 15 is 0 Å². The van der Waals surface area contributed by atoms with E-state index in [4.69, 9.17) is 9.84 Å². The number of carbonyl (C=O) groups is 1. The van der Waals surface area contributed by atoms with Crippen molar-refractivity contribution < 1.29 is 14.6 Å². The van der Waals surface area contributed by atoms with Crippen LogP contribution in [0.25, 0.3) is 0 Å². The Hall–Kier alpha value is -0.610. The number of morpholine rings is 1. The molecule has 1 aliphatic carbocycles. The summed E-state index contributed by atoms with van der Waals surface area (Å²) in [5.41, 5.74) is 0.162. The lowest BCUT2D eigenvalue weighted by Gasteiger charge is -2.35. The molecule has 0 aromatic carbocycles. The van der Waals surface area contributed by atoms with E-state index in [0.717, 1.165) is 6.42 Å². The highest BCUT2D eigenvalue weighted by molar-refractivity contribution is 5.82. The zero-order valence-electron chi connectivity index (χ0n) is 9.40. The molecule has 2 unspecified atom stereocenters. The predicted octanol–water partition coefficient (Wildman–Crippen LogP) is 0.252. The van der Waals surface area contributed by atoms with Crippen LogP contribution in [-0.4, -0.2) is 48.3 Å². The number of carbonyl (C=O) groups excluding carboxylic acids is 1. The van der Waals surface area contributed by atoms with E-state index in [2.05, 4.69) is 13.8 Å². The zero-order valence-corrected chi connectivity index (χ0v) is 9.40. The summed E-state index contributed by atoms with van der Waals surface area (Å²) in [6, 6.07) is -0.136. The molecule has 2 fully saturated rings. The maximum absolute atomic E-state index is 12.1. The van der Waals surface area contributed by atoms with Gasteiger partial charge in [0.25, 0.3) is 0 Å². The maximum atomic E-state index is 12.1. The van der Waals surface area contributed by atoms with Crippen molar-refractivity contribution in [2.24, 2.45) is 11.3 Å². The molecule has 0 radical (unpaired) electrons. The Balaban J connectivity index is 1.99. The lowest BCUT2D eigenvalue weighted by atomic mass is 10.1. The van der Waals surface area contributed by atoms with Crippen LogP contribution in [0.4, 0.5) is 0 Å². The van der Waals surface area contributed by atoms with Crippen LogP contribution in [0.3, 0.4) is 0 Å². The van der Waals surface area contributed by atoms with Gasteiger partial charge in [0.05, 0.1) is 25.9 Å². The van der Waals surface area contributed by atoms with Gasteiger partial charge in [-0.3, -0.25) is 4.79 Å². The second-order valence-electron chi connectivity index (χ2n) is 5.19. The fraction of sp³-hybridized carbons (Fsp3) is 0.909. The van der Waals surface area contributed by atoms with Gasteiger partial charge in [0.2, 0.25) is 5.91 Å². The Bertz CT molecular complexity index is 265. The predicted molar refractivity (Wildman–Crippen MR) is 55.3 cm³/mol. The van der Waals surface area contributed by atoms with E-state index in [1.807, 2.05) is 0 Å². The van der Waals surface area contributed by atoms with Gasteiger partial charge >= 0.3 is 0 Å². The molecule has 1 heterocycles. The Morgan fingerprint density at radius 1 is 1.60 bits per heavy atom. The van der Waals surface area contributed by atoms with Gasteiger partial charge in [-0.1, -0.05) is 13.8 Å². The third-order valence-electron chi connectivity index (χ3n) is 3.53. The van der Waals surface area contributed by atoms with Crippen LogP contribution in [0.2, 0.25) is 0 Å². The minimum Gasteiger partial charge on any atom is -0.394 e. The van der Waals surface area contributed by atoms with Gasteiger partial charge in [-0.2, -0.15) is 0 Å². The molecule has 0 spiro atoms. The molecule has 1 saturated heterocycles. The van der Waals surface area contributed by atoms with Crippen LogP contribution in [0, 0.1) is 11.3 Å². The number of hydrogen-bond donors (Lipinski definition) is 1. The topological polar surface area (TPSA) is 49.8 Å². The number of amides is 1. The quantitative estimate of drug-likeness (QED) is 0.715. The summed E-state index contributed by atoms with van der Waals surface area (Å²) in [5.74, 6) is 0.354. The monoisotopic (exact) mass is 213 g/mol. The average molecular weight is 213 g/mol. The Morgan fingerprint density at radius 3 is 2.80 bits per heavy atom. The lowest BCUT2D eigenvalue weighted by Crippen LogP contribution is -2.51. The number of ether oxygens (including phenoxy) is 1. The molecule has 86 valence electrons. The number of hydrogen-bond acceptors (Lipinski definition) is 3. The maximum Gasteiger partial charge on any atom is 0.226 e. The molecule has 2 rings (SSSR count). The molecule has 1 saturated carbocycles. The first kappa shape index (κ1) is 10.9. The summed E-state index contributed by atoms with van der Waals surface area (Å²) in [5, 5.41) is 9.17. The first-order valence-corrected chi connectivity index (χ1v) is 5.55. The van der Waals surface area contributed by atoms with Crippen molar-refractivity contribution >= 4 is 5.91 Å². The Morgan fingerprint density at radius 2 is 2.27 bits per heavy atom. The minimum atomic E-state index is -0.136. The lowest BCUT2D eigenvalue weighted by molar-refractivity contribution is -0.143. The van der Waals surface area contributed by atoms with Crippen molar-refractivity contribution in [1.29, 1.82) is 0 Å². The van der Waals surface area contributed by atoms with Gasteiger partial charge in [-0.05, 0) is 11.8 Å². The van der Waals surface area contributed by atoms with E-state index < -0.39 is 0 Å². The van der Waals surface area contributed by atoms with Crippen molar-refractivity contribution in [2.45, 2.75) is 26.3 Å². The van der Waals surface area contributed by atoms with Crippen LogP contribution in [0.1, 0.15) is 20.3 Å². The van der Waals surface area contributed by atoms with E-state index in [0.29, 0.717) is 19.8 Å². The first-order chi connectivity index (χ1) is 7.06. The normalized spacial score (nSPS) is 33.9. The first-order valence-electron chi connectivity index (χ1n) is 5.55. The summed E-state index contributed by atoms with van der Waals surface area (Å²) < 4.78 is 5.25. The summed E-state index contributed by atoms with van der Waals surface area (Å²) in [7, 11) is 0. The number of rotatable bonds is 2. The van der Waals surface area contributed by atoms with Gasteiger partial charge in [-0.25, -0.2) is 0 Å². The molecule has 0 aromatic rings. The zero-order chi connectivity index (χ0) is 11.1. The molecule has 1 amide bonds. The van der Waals surface area contributed by atoms with Crippen molar-refractivity contribution in [3.05, 3.63) is 0 Å². The second-order valence-corrected chi connectivity index (χ2v) is 5.19. The van der Waals surface area contributed by atoms with Crippen molar-refractivity contribution in [2.75, 3.05) is 26.4 Å². The Labute approximate surface area is 90.2 Å². The molecular weight excluding hydrogens is 194 g/mol. The Kier molecular flexibility index (Phi) is 2.73. The highest BCUT2D eigenvalue weighted by Crippen LogP contribution is 2.52. The molecule has 15 heavy (non-hydrogen) atoms. The number of aliphatic hydroxyl groups is 1. The largest absolute Gasteiger partial charge is 0.394 e. The van der Waals surface area contributed by atoms with Gasteiger partial charge in [0, 0.05) is 12.5 Å². The van der Waals surface area contributed by atoms with Gasteiger partial charge in [0.15, 0.2) is 0 Å².